The Bertz CT molecular complexity index is 707. The summed E-state index contributed by atoms with van der Waals surface area (Å²) in [6.07, 6.45) is 0.0122. The largest absolute Gasteiger partial charge is 0.469 e. The van der Waals surface area contributed by atoms with Crippen molar-refractivity contribution in [3.05, 3.63) is 52.2 Å². The van der Waals surface area contributed by atoms with Crippen LogP contribution in [0.5, 0.6) is 0 Å². The van der Waals surface area contributed by atoms with Crippen LogP contribution in [-0.4, -0.2) is 24.7 Å². The lowest BCUT2D eigenvalue weighted by Gasteiger charge is -2.16. The first-order chi connectivity index (χ1) is 11.5. The molecule has 1 heterocycles. The number of halogens is 2. The van der Waals surface area contributed by atoms with Gasteiger partial charge in [-0.15, -0.1) is 23.1 Å². The molecule has 0 aliphatic carbocycles. The summed E-state index contributed by atoms with van der Waals surface area (Å²) >= 11 is 2.37. The van der Waals surface area contributed by atoms with Crippen molar-refractivity contribution in [2.24, 2.45) is 0 Å². The zero-order chi connectivity index (χ0) is 17.5. The zero-order valence-corrected chi connectivity index (χ0v) is 14.4. The number of thioether (sulfide) groups is 1. The molecule has 24 heavy (non-hydrogen) atoms. The molecule has 0 saturated carbocycles. The first-order valence-corrected chi connectivity index (χ1v) is 8.83. The third kappa shape index (κ3) is 5.31. The van der Waals surface area contributed by atoms with E-state index in [0.717, 1.165) is 28.8 Å². The molecule has 2 aromatic rings. The van der Waals surface area contributed by atoms with Gasteiger partial charge in [-0.1, -0.05) is 6.07 Å². The number of carbonyl (C=O) groups excluding carboxylic acids is 2. The number of thiophene rings is 1. The van der Waals surface area contributed by atoms with E-state index in [9.17, 15) is 18.4 Å². The fourth-order valence-electron chi connectivity index (χ4n) is 1.93. The molecular formula is C16H15F2NO3S2. The van der Waals surface area contributed by atoms with Crippen LogP contribution in [0.15, 0.2) is 40.6 Å². The molecule has 0 fully saturated rings. The van der Waals surface area contributed by atoms with Gasteiger partial charge in [0.1, 0.15) is 11.6 Å². The Morgan fingerprint density at radius 3 is 2.75 bits per heavy atom. The maximum absolute atomic E-state index is 13.6. The van der Waals surface area contributed by atoms with E-state index in [2.05, 4.69) is 10.1 Å². The zero-order valence-electron chi connectivity index (χ0n) is 12.8. The van der Waals surface area contributed by atoms with Gasteiger partial charge in [0, 0.05) is 15.8 Å². The topological polar surface area (TPSA) is 55.4 Å². The highest BCUT2D eigenvalue weighted by atomic mass is 32.2. The molecule has 0 aliphatic rings. The number of amides is 1. The summed E-state index contributed by atoms with van der Waals surface area (Å²) in [5.74, 6) is -2.22. The fraction of sp³-hybridized carbons (Fsp3) is 0.250. The Balaban J connectivity index is 1.96. The number of esters is 1. The minimum atomic E-state index is -0.711. The molecule has 1 atom stereocenters. The minimum Gasteiger partial charge on any atom is -0.469 e. The summed E-state index contributed by atoms with van der Waals surface area (Å²) in [7, 11) is 1.28. The van der Waals surface area contributed by atoms with E-state index < -0.39 is 23.6 Å². The van der Waals surface area contributed by atoms with Crippen LogP contribution in [0.2, 0.25) is 0 Å². The first kappa shape index (κ1) is 18.4. The summed E-state index contributed by atoms with van der Waals surface area (Å²) in [4.78, 5) is 24.6. The van der Waals surface area contributed by atoms with Gasteiger partial charge in [0.05, 0.1) is 25.3 Å². The van der Waals surface area contributed by atoms with Gasteiger partial charge in [0.15, 0.2) is 0 Å². The number of hydrogen-bond acceptors (Lipinski definition) is 5. The predicted octanol–water partition coefficient (Wildman–Crippen LogP) is 3.54. The van der Waals surface area contributed by atoms with Crippen LogP contribution in [-0.2, 0) is 14.3 Å². The molecule has 4 nitrogen and oxygen atoms in total. The van der Waals surface area contributed by atoms with E-state index >= 15 is 0 Å². The van der Waals surface area contributed by atoms with Crippen LogP contribution in [0, 0.1) is 11.6 Å². The second-order valence-electron chi connectivity index (χ2n) is 4.78. The number of rotatable bonds is 7. The van der Waals surface area contributed by atoms with Crippen molar-refractivity contribution in [3.63, 3.8) is 0 Å². The van der Waals surface area contributed by atoms with Gasteiger partial charge >= 0.3 is 5.97 Å². The van der Waals surface area contributed by atoms with Crippen LogP contribution >= 0.6 is 23.1 Å². The smallest absolute Gasteiger partial charge is 0.307 e. The first-order valence-electron chi connectivity index (χ1n) is 6.97. The van der Waals surface area contributed by atoms with E-state index in [-0.39, 0.29) is 23.0 Å². The molecule has 0 spiro atoms. The number of carbonyl (C=O) groups is 2. The van der Waals surface area contributed by atoms with Gasteiger partial charge in [-0.2, -0.15) is 0 Å². The highest BCUT2D eigenvalue weighted by molar-refractivity contribution is 8.00. The monoisotopic (exact) mass is 371 g/mol. The average Bonchev–Trinajstić information content (AvgIpc) is 3.07. The Morgan fingerprint density at radius 1 is 1.33 bits per heavy atom. The molecule has 0 saturated heterocycles. The summed E-state index contributed by atoms with van der Waals surface area (Å²) < 4.78 is 31.1. The van der Waals surface area contributed by atoms with Crippen LogP contribution in [0.1, 0.15) is 17.3 Å². The van der Waals surface area contributed by atoms with Crippen molar-refractivity contribution in [2.75, 3.05) is 12.9 Å². The van der Waals surface area contributed by atoms with Crippen LogP contribution < -0.4 is 5.32 Å². The summed E-state index contributed by atoms with van der Waals surface area (Å²) in [5, 5.41) is 4.58. The molecule has 1 N–H and O–H groups in total. The van der Waals surface area contributed by atoms with Gasteiger partial charge in [0.2, 0.25) is 5.91 Å². The van der Waals surface area contributed by atoms with E-state index in [1.54, 1.807) is 0 Å². The highest BCUT2D eigenvalue weighted by Crippen LogP contribution is 2.25. The molecule has 0 radical (unpaired) electrons. The van der Waals surface area contributed by atoms with Crippen molar-refractivity contribution in [3.8, 4) is 0 Å². The molecule has 1 aromatic heterocycles. The lowest BCUT2D eigenvalue weighted by molar-refractivity contribution is -0.141. The van der Waals surface area contributed by atoms with Crippen LogP contribution in [0.25, 0.3) is 0 Å². The molecule has 1 unspecified atom stereocenters. The van der Waals surface area contributed by atoms with E-state index in [4.69, 9.17) is 0 Å². The lowest BCUT2D eigenvalue weighted by Crippen LogP contribution is -2.31. The minimum absolute atomic E-state index is 0.0122. The van der Waals surface area contributed by atoms with E-state index in [1.165, 1.54) is 24.5 Å². The fourth-order valence-corrected chi connectivity index (χ4v) is 3.44. The molecule has 8 heteroatoms. The van der Waals surface area contributed by atoms with E-state index in [0.29, 0.717) is 0 Å². The normalized spacial score (nSPS) is 11.8. The quantitative estimate of drug-likeness (QED) is 0.597. The van der Waals surface area contributed by atoms with Gasteiger partial charge in [-0.25, -0.2) is 8.78 Å². The highest BCUT2D eigenvalue weighted by Gasteiger charge is 2.20. The van der Waals surface area contributed by atoms with E-state index in [1.807, 2.05) is 17.5 Å². The summed E-state index contributed by atoms with van der Waals surface area (Å²) in [5.41, 5.74) is 0. The second kappa shape index (κ2) is 8.79. The van der Waals surface area contributed by atoms with Crippen molar-refractivity contribution in [2.45, 2.75) is 17.4 Å². The number of benzene rings is 1. The maximum atomic E-state index is 13.6. The molecule has 0 bridgehead atoms. The SMILES string of the molecule is COC(=O)CC(NC(=O)CSc1ccc(F)cc1F)c1cccs1. The average molecular weight is 371 g/mol. The van der Waals surface area contributed by atoms with Gasteiger partial charge in [-0.05, 0) is 23.6 Å². The second-order valence-corrected chi connectivity index (χ2v) is 6.78. The molecule has 1 aromatic carbocycles. The van der Waals surface area contributed by atoms with Gasteiger partial charge in [0.25, 0.3) is 0 Å². The van der Waals surface area contributed by atoms with Crippen molar-refractivity contribution in [1.29, 1.82) is 0 Å². The van der Waals surface area contributed by atoms with Crippen LogP contribution in [0.4, 0.5) is 8.78 Å². The standard InChI is InChI=1S/C16H15F2NO3S2/c1-22-16(21)8-12(14-3-2-6-23-14)19-15(20)9-24-13-5-4-10(17)7-11(13)18/h2-7,12H,8-9H2,1H3,(H,19,20). The van der Waals surface area contributed by atoms with Crippen molar-refractivity contribution >= 4 is 35.0 Å². The summed E-state index contributed by atoms with van der Waals surface area (Å²) in [6, 6.07) is 6.32. The Hall–Kier alpha value is -1.93. The van der Waals surface area contributed by atoms with Crippen molar-refractivity contribution in [1.82, 2.24) is 5.32 Å². The van der Waals surface area contributed by atoms with Crippen molar-refractivity contribution < 1.29 is 23.1 Å². The van der Waals surface area contributed by atoms with Crippen LogP contribution in [0.3, 0.4) is 0 Å². The molecular weight excluding hydrogens is 356 g/mol. The third-order valence-corrected chi connectivity index (χ3v) is 5.11. The number of ether oxygens (including phenoxy) is 1. The molecule has 2 rings (SSSR count). The Morgan fingerprint density at radius 2 is 2.12 bits per heavy atom. The molecule has 1 amide bonds. The Labute approximate surface area is 146 Å². The number of hydrogen-bond donors (Lipinski definition) is 1. The third-order valence-electron chi connectivity index (χ3n) is 3.07. The Kier molecular flexibility index (Phi) is 6.74. The molecule has 0 aliphatic heterocycles. The van der Waals surface area contributed by atoms with Gasteiger partial charge in [-0.3, -0.25) is 9.59 Å². The maximum Gasteiger partial charge on any atom is 0.307 e. The number of methoxy groups -OCH3 is 1. The number of nitrogens with one attached hydrogen (secondary N) is 1. The van der Waals surface area contributed by atoms with Gasteiger partial charge < -0.3 is 10.1 Å². The summed E-state index contributed by atoms with van der Waals surface area (Å²) in [6.45, 7) is 0. The predicted molar refractivity (Wildman–Crippen MR) is 88.9 cm³/mol. The molecule has 128 valence electrons. The lowest BCUT2D eigenvalue weighted by atomic mass is 10.1.